The van der Waals surface area contributed by atoms with Gasteiger partial charge in [-0.15, -0.1) is 0 Å². The van der Waals surface area contributed by atoms with Crippen molar-refractivity contribution in [2.24, 2.45) is 0 Å². The fourth-order valence-electron chi connectivity index (χ4n) is 4.43. The van der Waals surface area contributed by atoms with E-state index in [9.17, 15) is 14.4 Å². The topological polar surface area (TPSA) is 82.9 Å². The lowest BCUT2D eigenvalue weighted by Crippen LogP contribution is -2.69. The van der Waals surface area contributed by atoms with Gasteiger partial charge in [0.15, 0.2) is 0 Å². The largest absolute Gasteiger partial charge is 0.467 e. The highest BCUT2D eigenvalue weighted by Crippen LogP contribution is 2.45. The summed E-state index contributed by atoms with van der Waals surface area (Å²) < 4.78 is 5.48. The third-order valence-corrected chi connectivity index (χ3v) is 5.94. The van der Waals surface area contributed by atoms with Crippen LogP contribution in [0.4, 0.5) is 11.4 Å². The fourth-order valence-corrected chi connectivity index (χ4v) is 4.43. The minimum atomic E-state index is -1.47. The molecule has 2 aliphatic heterocycles. The Labute approximate surface area is 179 Å². The Bertz CT molecular complexity index is 1170. The van der Waals surface area contributed by atoms with Crippen molar-refractivity contribution >= 4 is 29.1 Å². The van der Waals surface area contributed by atoms with Crippen LogP contribution in [-0.4, -0.2) is 28.3 Å². The quantitative estimate of drug-likeness (QED) is 0.704. The van der Waals surface area contributed by atoms with Crippen LogP contribution in [0.1, 0.15) is 34.5 Å². The number of aryl methyl sites for hydroxylation is 1. The van der Waals surface area contributed by atoms with E-state index in [0.29, 0.717) is 22.7 Å². The molecule has 0 unspecified atom stereocenters. The summed E-state index contributed by atoms with van der Waals surface area (Å²) in [4.78, 5) is 43.3. The van der Waals surface area contributed by atoms with Crippen LogP contribution < -0.4 is 10.2 Å². The van der Waals surface area contributed by atoms with Gasteiger partial charge in [-0.25, -0.2) is 0 Å². The first-order valence-electron chi connectivity index (χ1n) is 10.2. The first-order chi connectivity index (χ1) is 15.0. The summed E-state index contributed by atoms with van der Waals surface area (Å²) in [5.41, 5.74) is 1.05. The molecule has 0 bridgehead atoms. The second-order valence-corrected chi connectivity index (χ2v) is 7.85. The van der Waals surface area contributed by atoms with E-state index in [0.717, 1.165) is 5.56 Å². The van der Waals surface area contributed by atoms with Gasteiger partial charge in [0, 0.05) is 18.5 Å². The number of para-hydroxylation sites is 1. The van der Waals surface area contributed by atoms with Crippen molar-refractivity contribution in [1.29, 1.82) is 0 Å². The van der Waals surface area contributed by atoms with Gasteiger partial charge in [-0.1, -0.05) is 29.8 Å². The van der Waals surface area contributed by atoms with Crippen LogP contribution in [0.5, 0.6) is 0 Å². The van der Waals surface area contributed by atoms with Gasteiger partial charge in [0.1, 0.15) is 5.76 Å². The van der Waals surface area contributed by atoms with Gasteiger partial charge in [0.05, 0.1) is 24.1 Å². The summed E-state index contributed by atoms with van der Waals surface area (Å²) >= 11 is 0. The molecule has 2 aliphatic rings. The maximum atomic E-state index is 13.8. The third-order valence-electron chi connectivity index (χ3n) is 5.94. The number of rotatable bonds is 4. The average molecular weight is 415 g/mol. The summed E-state index contributed by atoms with van der Waals surface area (Å²) in [6, 6.07) is 17.8. The highest BCUT2D eigenvalue weighted by molar-refractivity contribution is 6.18. The van der Waals surface area contributed by atoms with Gasteiger partial charge >= 0.3 is 0 Å². The zero-order valence-corrected chi connectivity index (χ0v) is 17.0. The number of nitrogens with one attached hydrogen (secondary N) is 1. The molecule has 1 saturated heterocycles. The number of carbonyl (C=O) groups excluding carboxylic acids is 3. The van der Waals surface area contributed by atoms with Crippen molar-refractivity contribution in [2.75, 3.05) is 10.2 Å². The second-order valence-electron chi connectivity index (χ2n) is 7.85. The number of amides is 3. The second kappa shape index (κ2) is 7.12. The Morgan fingerprint density at radius 1 is 1.06 bits per heavy atom. The summed E-state index contributed by atoms with van der Waals surface area (Å²) in [6.45, 7) is 2.04. The van der Waals surface area contributed by atoms with E-state index in [1.54, 1.807) is 48.5 Å². The number of carbonyl (C=O) groups is 3. The molecule has 3 heterocycles. The van der Waals surface area contributed by atoms with Crippen molar-refractivity contribution in [3.63, 3.8) is 0 Å². The monoisotopic (exact) mass is 415 g/mol. The normalized spacial score (nSPS) is 19.9. The van der Waals surface area contributed by atoms with E-state index in [-0.39, 0.29) is 31.2 Å². The molecule has 156 valence electrons. The molecule has 1 aromatic heterocycles. The Kier molecular flexibility index (Phi) is 4.39. The van der Waals surface area contributed by atoms with Gasteiger partial charge in [-0.2, -0.15) is 0 Å². The molecular formula is C24H21N3O4. The molecule has 1 atom stereocenters. The standard InChI is InChI=1S/C24H21N3O4/c1-16-8-10-17(11-9-16)25-23(30)24-13-12-21(28)27(24)20-7-3-2-6-19(20)22(29)26(24)15-18-5-4-14-31-18/h2-11,14H,12-13,15H2,1H3,(H,25,30)/t24-/m0/s1. The van der Waals surface area contributed by atoms with E-state index in [1.165, 1.54) is 16.1 Å². The zero-order chi connectivity index (χ0) is 21.6. The first-order valence-corrected chi connectivity index (χ1v) is 10.2. The number of fused-ring (bicyclic) bond motifs is 3. The minimum absolute atomic E-state index is 0.0747. The molecular weight excluding hydrogens is 394 g/mol. The van der Waals surface area contributed by atoms with Crippen molar-refractivity contribution in [1.82, 2.24) is 4.90 Å². The van der Waals surface area contributed by atoms with Crippen LogP contribution in [-0.2, 0) is 16.1 Å². The smallest absolute Gasteiger partial charge is 0.271 e. The number of furan rings is 1. The lowest BCUT2D eigenvalue weighted by molar-refractivity contribution is -0.129. The highest BCUT2D eigenvalue weighted by Gasteiger charge is 2.61. The van der Waals surface area contributed by atoms with E-state index in [4.69, 9.17) is 4.42 Å². The summed E-state index contributed by atoms with van der Waals surface area (Å²) in [5, 5.41) is 2.93. The van der Waals surface area contributed by atoms with Gasteiger partial charge < -0.3 is 9.73 Å². The number of anilines is 2. The molecule has 7 heteroatoms. The van der Waals surface area contributed by atoms with Crippen molar-refractivity contribution < 1.29 is 18.8 Å². The first kappa shape index (κ1) is 19.1. The molecule has 5 rings (SSSR count). The predicted octanol–water partition coefficient (Wildman–Crippen LogP) is 3.71. The van der Waals surface area contributed by atoms with Gasteiger partial charge in [-0.05, 0) is 43.3 Å². The van der Waals surface area contributed by atoms with Crippen molar-refractivity contribution in [3.8, 4) is 0 Å². The number of nitrogens with zero attached hydrogens (tertiary/aromatic N) is 2. The van der Waals surface area contributed by atoms with Crippen molar-refractivity contribution in [2.45, 2.75) is 32.0 Å². The SMILES string of the molecule is Cc1ccc(NC(=O)[C@]23CCC(=O)N2c2ccccc2C(=O)N3Cc2ccco2)cc1. The van der Waals surface area contributed by atoms with Crippen LogP contribution >= 0.6 is 0 Å². The Hall–Kier alpha value is -3.87. The molecule has 7 nitrogen and oxygen atoms in total. The molecule has 3 amide bonds. The molecule has 0 saturated carbocycles. The van der Waals surface area contributed by atoms with Gasteiger partial charge in [0.2, 0.25) is 11.6 Å². The Morgan fingerprint density at radius 2 is 1.84 bits per heavy atom. The summed E-state index contributed by atoms with van der Waals surface area (Å²) in [6.07, 6.45) is 1.89. The van der Waals surface area contributed by atoms with E-state index in [2.05, 4.69) is 5.32 Å². The minimum Gasteiger partial charge on any atom is -0.467 e. The van der Waals surface area contributed by atoms with Crippen LogP contribution in [0.25, 0.3) is 0 Å². The summed E-state index contributed by atoms with van der Waals surface area (Å²) in [7, 11) is 0. The molecule has 0 radical (unpaired) electrons. The number of benzene rings is 2. The maximum Gasteiger partial charge on any atom is 0.271 e. The third kappa shape index (κ3) is 2.92. The highest BCUT2D eigenvalue weighted by atomic mass is 16.3. The predicted molar refractivity (Wildman–Crippen MR) is 114 cm³/mol. The molecule has 1 fully saturated rings. The van der Waals surface area contributed by atoms with Crippen LogP contribution in [0, 0.1) is 6.92 Å². The molecule has 2 aromatic carbocycles. The number of hydrogen-bond donors (Lipinski definition) is 1. The van der Waals surface area contributed by atoms with E-state index in [1.807, 2.05) is 19.1 Å². The molecule has 1 N–H and O–H groups in total. The van der Waals surface area contributed by atoms with Gasteiger partial charge in [0.25, 0.3) is 11.8 Å². The van der Waals surface area contributed by atoms with E-state index >= 15 is 0 Å². The fraction of sp³-hybridized carbons (Fsp3) is 0.208. The lowest BCUT2D eigenvalue weighted by Gasteiger charge is -2.48. The Balaban J connectivity index is 1.64. The van der Waals surface area contributed by atoms with Crippen LogP contribution in [0.15, 0.2) is 71.3 Å². The molecule has 3 aromatic rings. The Morgan fingerprint density at radius 3 is 2.58 bits per heavy atom. The molecule has 0 spiro atoms. The lowest BCUT2D eigenvalue weighted by atomic mass is 9.95. The molecule has 0 aliphatic carbocycles. The molecule has 31 heavy (non-hydrogen) atoms. The van der Waals surface area contributed by atoms with Crippen LogP contribution in [0.3, 0.4) is 0 Å². The van der Waals surface area contributed by atoms with Gasteiger partial charge in [-0.3, -0.25) is 24.2 Å². The zero-order valence-electron chi connectivity index (χ0n) is 17.0. The van der Waals surface area contributed by atoms with Crippen molar-refractivity contribution in [3.05, 3.63) is 83.8 Å². The van der Waals surface area contributed by atoms with Crippen LogP contribution in [0.2, 0.25) is 0 Å². The maximum absolute atomic E-state index is 13.8. The van der Waals surface area contributed by atoms with E-state index < -0.39 is 11.6 Å². The number of hydrogen-bond acceptors (Lipinski definition) is 4. The summed E-state index contributed by atoms with van der Waals surface area (Å²) in [5.74, 6) is -0.383. The average Bonchev–Trinajstić information content (AvgIpc) is 3.41.